The molecule has 2 N–H and O–H groups in total. The van der Waals surface area contributed by atoms with Gasteiger partial charge in [0.15, 0.2) is 23.0 Å². The van der Waals surface area contributed by atoms with Gasteiger partial charge in [0, 0.05) is 25.4 Å². The monoisotopic (exact) mass is 452 g/mol. The number of amides is 2. The first-order valence-electron chi connectivity index (χ1n) is 11.5. The number of benzene rings is 2. The lowest BCUT2D eigenvalue weighted by Crippen LogP contribution is -2.45. The number of aryl methyl sites for hydroxylation is 2. The van der Waals surface area contributed by atoms with E-state index in [9.17, 15) is 9.59 Å². The van der Waals surface area contributed by atoms with Crippen LogP contribution in [0.25, 0.3) is 0 Å². The fourth-order valence-electron chi connectivity index (χ4n) is 4.13. The highest BCUT2D eigenvalue weighted by molar-refractivity contribution is 5.78. The van der Waals surface area contributed by atoms with Crippen LogP contribution in [0, 0.1) is 5.92 Å². The summed E-state index contributed by atoms with van der Waals surface area (Å²) in [5.74, 6) is 3.36. The molecule has 3 aliphatic rings. The van der Waals surface area contributed by atoms with Crippen LogP contribution >= 0.6 is 0 Å². The summed E-state index contributed by atoms with van der Waals surface area (Å²) < 4.78 is 21.4. The van der Waals surface area contributed by atoms with E-state index >= 15 is 0 Å². The van der Waals surface area contributed by atoms with Gasteiger partial charge in [-0.25, -0.2) is 0 Å². The van der Waals surface area contributed by atoms with Gasteiger partial charge < -0.3 is 29.6 Å². The topological polar surface area (TPSA) is 95.1 Å². The highest BCUT2D eigenvalue weighted by Crippen LogP contribution is 2.34. The van der Waals surface area contributed by atoms with Crippen LogP contribution in [0.15, 0.2) is 36.4 Å². The molecule has 0 aromatic heterocycles. The van der Waals surface area contributed by atoms with Gasteiger partial charge in [0.1, 0.15) is 0 Å². The normalized spacial score (nSPS) is 16.4. The molecule has 1 atom stereocenters. The molecular weight excluding hydrogens is 424 g/mol. The van der Waals surface area contributed by atoms with Crippen molar-refractivity contribution in [3.8, 4) is 23.0 Å². The van der Waals surface area contributed by atoms with E-state index in [0.717, 1.165) is 47.0 Å². The number of carbonyl (C=O) groups excluding carboxylic acids is 2. The van der Waals surface area contributed by atoms with Crippen molar-refractivity contribution in [3.63, 3.8) is 0 Å². The second kappa shape index (κ2) is 9.60. The van der Waals surface area contributed by atoms with Crippen LogP contribution in [-0.4, -0.2) is 38.0 Å². The summed E-state index contributed by atoms with van der Waals surface area (Å²) in [7, 11) is 0. The SMILES string of the molecule is O=C(CCc1ccc2c(c1)OCO2)NC[C@H](NC(=O)CCc1ccc2c(c1)OCO2)C1CC1. The molecule has 174 valence electrons. The van der Waals surface area contributed by atoms with Crippen LogP contribution in [0.4, 0.5) is 0 Å². The molecule has 2 aromatic rings. The molecule has 5 rings (SSSR count). The zero-order chi connectivity index (χ0) is 22.6. The van der Waals surface area contributed by atoms with Gasteiger partial charge in [-0.05, 0) is 67.0 Å². The van der Waals surface area contributed by atoms with Crippen molar-refractivity contribution in [2.24, 2.45) is 5.92 Å². The maximum Gasteiger partial charge on any atom is 0.231 e. The van der Waals surface area contributed by atoms with Gasteiger partial charge in [-0.1, -0.05) is 12.1 Å². The first kappa shape index (κ1) is 21.4. The molecular formula is C25H28N2O6. The Bertz CT molecular complexity index is 1040. The molecule has 2 amide bonds. The quantitative estimate of drug-likeness (QED) is 0.576. The average molecular weight is 453 g/mol. The molecule has 1 saturated carbocycles. The van der Waals surface area contributed by atoms with Gasteiger partial charge in [0.2, 0.25) is 25.4 Å². The summed E-state index contributed by atoms with van der Waals surface area (Å²) in [6.45, 7) is 0.940. The summed E-state index contributed by atoms with van der Waals surface area (Å²) in [5.41, 5.74) is 2.07. The smallest absolute Gasteiger partial charge is 0.231 e. The average Bonchev–Trinajstić information content (AvgIpc) is 3.38. The van der Waals surface area contributed by atoms with Crippen molar-refractivity contribution >= 4 is 11.8 Å². The maximum absolute atomic E-state index is 12.5. The lowest BCUT2D eigenvalue weighted by Gasteiger charge is -2.19. The van der Waals surface area contributed by atoms with Crippen molar-refractivity contribution in [2.75, 3.05) is 20.1 Å². The van der Waals surface area contributed by atoms with Gasteiger partial charge in [0.25, 0.3) is 0 Å². The van der Waals surface area contributed by atoms with Crippen molar-refractivity contribution in [1.29, 1.82) is 0 Å². The molecule has 1 fully saturated rings. The zero-order valence-electron chi connectivity index (χ0n) is 18.4. The Kier molecular flexibility index (Phi) is 6.24. The fraction of sp³-hybridized carbons (Fsp3) is 0.440. The summed E-state index contributed by atoms with van der Waals surface area (Å²) in [5, 5.41) is 6.11. The zero-order valence-corrected chi connectivity index (χ0v) is 18.4. The Morgan fingerprint density at radius 1 is 0.788 bits per heavy atom. The minimum absolute atomic E-state index is 0.000763. The van der Waals surface area contributed by atoms with Crippen LogP contribution in [-0.2, 0) is 22.4 Å². The maximum atomic E-state index is 12.5. The summed E-state index contributed by atoms with van der Waals surface area (Å²) >= 11 is 0. The molecule has 0 unspecified atom stereocenters. The predicted molar refractivity (Wildman–Crippen MR) is 119 cm³/mol. The molecule has 0 bridgehead atoms. The Balaban J connectivity index is 1.05. The summed E-state index contributed by atoms with van der Waals surface area (Å²) in [4.78, 5) is 24.9. The Morgan fingerprint density at radius 3 is 1.91 bits per heavy atom. The number of hydrogen-bond acceptors (Lipinski definition) is 6. The van der Waals surface area contributed by atoms with Gasteiger partial charge in [-0.3, -0.25) is 9.59 Å². The van der Waals surface area contributed by atoms with Crippen molar-refractivity contribution in [1.82, 2.24) is 10.6 Å². The number of carbonyl (C=O) groups is 2. The number of nitrogens with one attached hydrogen (secondary N) is 2. The minimum Gasteiger partial charge on any atom is -0.454 e. The Morgan fingerprint density at radius 2 is 1.33 bits per heavy atom. The van der Waals surface area contributed by atoms with Gasteiger partial charge in [0.05, 0.1) is 0 Å². The van der Waals surface area contributed by atoms with Crippen molar-refractivity contribution in [2.45, 2.75) is 44.6 Å². The van der Waals surface area contributed by atoms with Crippen LogP contribution in [0.1, 0.15) is 36.8 Å². The van der Waals surface area contributed by atoms with Crippen LogP contribution in [0.5, 0.6) is 23.0 Å². The third kappa shape index (κ3) is 5.50. The molecule has 2 aliphatic heterocycles. The highest BCUT2D eigenvalue weighted by atomic mass is 16.7. The second-order valence-corrected chi connectivity index (χ2v) is 8.69. The number of rotatable bonds is 10. The molecule has 2 aromatic carbocycles. The van der Waals surface area contributed by atoms with Crippen LogP contribution in [0.3, 0.4) is 0 Å². The lowest BCUT2D eigenvalue weighted by atomic mass is 10.1. The largest absolute Gasteiger partial charge is 0.454 e. The van der Waals surface area contributed by atoms with E-state index in [0.29, 0.717) is 38.1 Å². The fourth-order valence-corrected chi connectivity index (χ4v) is 4.13. The van der Waals surface area contributed by atoms with Gasteiger partial charge in [-0.2, -0.15) is 0 Å². The highest BCUT2D eigenvalue weighted by Gasteiger charge is 2.32. The van der Waals surface area contributed by atoms with Crippen molar-refractivity contribution in [3.05, 3.63) is 47.5 Å². The first-order valence-corrected chi connectivity index (χ1v) is 11.5. The lowest BCUT2D eigenvalue weighted by molar-refractivity contribution is -0.123. The number of hydrogen-bond donors (Lipinski definition) is 2. The molecule has 0 saturated heterocycles. The minimum atomic E-state index is -0.0243. The number of fused-ring (bicyclic) bond motifs is 2. The second-order valence-electron chi connectivity index (χ2n) is 8.69. The van der Waals surface area contributed by atoms with Crippen LogP contribution in [0.2, 0.25) is 0 Å². The van der Waals surface area contributed by atoms with E-state index in [1.165, 1.54) is 0 Å². The standard InChI is InChI=1S/C25H28N2O6/c28-24(9-3-16-1-7-20-22(11-16)32-14-30-20)26-13-19(18-5-6-18)27-25(29)10-4-17-2-8-21-23(12-17)33-15-31-21/h1-2,7-8,11-12,18-19H,3-6,9-10,13-15H2,(H,26,28)(H,27,29)/t19-/m0/s1. The third-order valence-corrected chi connectivity index (χ3v) is 6.21. The summed E-state index contributed by atoms with van der Waals surface area (Å²) in [6, 6.07) is 11.5. The first-order chi connectivity index (χ1) is 16.1. The Labute approximate surface area is 192 Å². The van der Waals surface area contributed by atoms with Crippen molar-refractivity contribution < 1.29 is 28.5 Å². The molecule has 1 aliphatic carbocycles. The van der Waals surface area contributed by atoms with E-state index < -0.39 is 0 Å². The third-order valence-electron chi connectivity index (χ3n) is 6.21. The molecule has 2 heterocycles. The summed E-state index contributed by atoms with van der Waals surface area (Å²) in [6.07, 6.45) is 4.19. The van der Waals surface area contributed by atoms with E-state index in [4.69, 9.17) is 18.9 Å². The van der Waals surface area contributed by atoms with Crippen LogP contribution < -0.4 is 29.6 Å². The van der Waals surface area contributed by atoms with E-state index in [1.54, 1.807) is 0 Å². The molecule has 0 radical (unpaired) electrons. The Hall–Kier alpha value is -3.42. The van der Waals surface area contributed by atoms with Gasteiger partial charge >= 0.3 is 0 Å². The molecule has 8 heteroatoms. The molecule has 8 nitrogen and oxygen atoms in total. The van der Waals surface area contributed by atoms with E-state index in [-0.39, 0.29) is 31.4 Å². The molecule has 0 spiro atoms. The van der Waals surface area contributed by atoms with E-state index in [2.05, 4.69) is 10.6 Å². The predicted octanol–water partition coefficient (Wildman–Crippen LogP) is 2.72. The molecule has 33 heavy (non-hydrogen) atoms. The van der Waals surface area contributed by atoms with Gasteiger partial charge in [-0.15, -0.1) is 0 Å². The number of ether oxygens (including phenoxy) is 4. The van der Waals surface area contributed by atoms with E-state index in [1.807, 2.05) is 36.4 Å².